The molecule has 1 aliphatic rings. The number of aromatic nitrogens is 1. The first kappa shape index (κ1) is 24.5. The monoisotopic (exact) mass is 526 g/mol. The predicted octanol–water partition coefficient (Wildman–Crippen LogP) is 4.76. The maximum Gasteiger partial charge on any atom is 0.370 e. The first-order valence-corrected chi connectivity index (χ1v) is 13.2. The lowest BCUT2D eigenvalue weighted by Crippen LogP contribution is -2.39. The van der Waals surface area contributed by atoms with Crippen LogP contribution in [0, 0.1) is 0 Å². The van der Waals surface area contributed by atoms with Gasteiger partial charge in [-0.1, -0.05) is 89.9 Å². The van der Waals surface area contributed by atoms with E-state index in [1.165, 1.54) is 11.8 Å². The van der Waals surface area contributed by atoms with Crippen LogP contribution in [0.15, 0.2) is 107 Å². The van der Waals surface area contributed by atoms with Crippen LogP contribution in [0.3, 0.4) is 0 Å². The quantitative estimate of drug-likeness (QED) is 0.263. The molecule has 184 valence electrons. The molecule has 5 rings (SSSR count). The second-order valence-corrected chi connectivity index (χ2v) is 10.3. The van der Waals surface area contributed by atoms with Gasteiger partial charge in [0.15, 0.2) is 0 Å². The number of carbonyl (C=O) groups is 2. The van der Waals surface area contributed by atoms with Crippen molar-refractivity contribution < 1.29 is 24.4 Å². The van der Waals surface area contributed by atoms with Gasteiger partial charge in [0.25, 0.3) is 5.01 Å². The Kier molecular flexibility index (Phi) is 7.20. The van der Waals surface area contributed by atoms with Crippen LogP contribution in [0.1, 0.15) is 5.01 Å². The number of hydrogen-bond donors (Lipinski definition) is 1. The highest BCUT2D eigenvalue weighted by molar-refractivity contribution is 8.03. The predicted molar refractivity (Wildman–Crippen MR) is 147 cm³/mol. The molecule has 1 aliphatic heterocycles. The first-order valence-electron chi connectivity index (χ1n) is 11.5. The molecule has 1 aromatic heterocycles. The number of rotatable bonds is 8. The maximum atomic E-state index is 11.6. The maximum absolute atomic E-state index is 11.6. The third kappa shape index (κ3) is 5.35. The number of aliphatic carboxylic acids is 2. The third-order valence-corrected chi connectivity index (χ3v) is 8.00. The Morgan fingerprint density at radius 2 is 1.70 bits per heavy atom. The topological polar surface area (TPSA) is 84.5 Å². The van der Waals surface area contributed by atoms with Crippen LogP contribution in [-0.2, 0) is 16.1 Å². The molecule has 0 aliphatic carbocycles. The average Bonchev–Trinajstić information content (AvgIpc) is 3.40. The highest BCUT2D eigenvalue weighted by atomic mass is 32.2. The molecular formula is C29H22N2O4S2. The molecule has 0 unspecified atom stereocenters. The third-order valence-electron chi connectivity index (χ3n) is 5.75. The molecule has 0 radical (unpaired) electrons. The van der Waals surface area contributed by atoms with E-state index >= 15 is 0 Å². The molecule has 0 amide bonds. The van der Waals surface area contributed by atoms with Gasteiger partial charge in [-0.2, -0.15) is 4.57 Å². The van der Waals surface area contributed by atoms with Gasteiger partial charge in [0, 0.05) is 11.0 Å². The fraction of sp³-hybridized carbons (Fsp3) is 0.0690. The zero-order valence-corrected chi connectivity index (χ0v) is 21.2. The number of carboxylic acids is 2. The van der Waals surface area contributed by atoms with E-state index in [0.29, 0.717) is 0 Å². The standard InChI is InChI=1S/C29H22N2O4S2/c32-27(33)18-30-22-12-8-9-13-23(22)36-25(30)14-4-2-1-3-5-15-26-31(19-28(34)35)29-21-11-7-6-10-20(21)16-17-24(29)37-26/h1-17H,18-19H2,(H-,32,33,34,35). The summed E-state index contributed by atoms with van der Waals surface area (Å²) in [5.41, 5.74) is 1.79. The second-order valence-electron chi connectivity index (χ2n) is 8.22. The van der Waals surface area contributed by atoms with Crippen LogP contribution in [0.25, 0.3) is 27.1 Å². The van der Waals surface area contributed by atoms with Gasteiger partial charge >= 0.3 is 5.97 Å². The summed E-state index contributed by atoms with van der Waals surface area (Å²) in [5, 5.41) is 24.5. The number of thioether (sulfide) groups is 1. The van der Waals surface area contributed by atoms with Crippen LogP contribution >= 0.6 is 23.1 Å². The Morgan fingerprint density at radius 3 is 2.54 bits per heavy atom. The highest BCUT2D eigenvalue weighted by Gasteiger charge is 2.24. The Hall–Kier alpha value is -4.14. The number of allylic oxidation sites excluding steroid dienone is 6. The molecule has 3 aromatic carbocycles. The van der Waals surface area contributed by atoms with Gasteiger partial charge in [-0.05, 0) is 35.7 Å². The molecule has 0 fully saturated rings. The van der Waals surface area contributed by atoms with E-state index < -0.39 is 11.9 Å². The molecule has 0 atom stereocenters. The summed E-state index contributed by atoms with van der Waals surface area (Å²) in [5.74, 6) is -2.02. The van der Waals surface area contributed by atoms with Crippen molar-refractivity contribution in [2.75, 3.05) is 11.4 Å². The molecule has 8 heteroatoms. The summed E-state index contributed by atoms with van der Waals surface area (Å²) in [6.07, 6.45) is 13.1. The molecule has 0 spiro atoms. The summed E-state index contributed by atoms with van der Waals surface area (Å²) in [4.78, 5) is 25.6. The molecule has 0 saturated carbocycles. The van der Waals surface area contributed by atoms with Crippen molar-refractivity contribution in [1.29, 1.82) is 0 Å². The number of thiazole rings is 1. The van der Waals surface area contributed by atoms with E-state index in [-0.39, 0.29) is 13.1 Å². The summed E-state index contributed by atoms with van der Waals surface area (Å²) in [6.45, 7) is -0.323. The summed E-state index contributed by atoms with van der Waals surface area (Å²) < 4.78 is 2.88. The van der Waals surface area contributed by atoms with Crippen molar-refractivity contribution in [3.05, 3.63) is 107 Å². The van der Waals surface area contributed by atoms with E-state index in [1.54, 1.807) is 16.2 Å². The SMILES string of the molecule is O=C([O-])CN1/C(=C/C=C/C=C/C=C/c2sc3ccc4ccccc4c3[n+]2CC(=O)O)Sc2ccccc21. The number of carbonyl (C=O) groups excluding carboxylic acids is 1. The molecule has 0 saturated heterocycles. The number of anilines is 1. The molecule has 0 bridgehead atoms. The Labute approximate surface area is 221 Å². The fourth-order valence-corrected chi connectivity index (χ4v) is 6.39. The number of carboxylic acid groups (broad SMARTS) is 2. The van der Waals surface area contributed by atoms with Crippen molar-refractivity contribution >= 4 is 67.8 Å². The lowest BCUT2D eigenvalue weighted by Gasteiger charge is -2.20. The van der Waals surface area contributed by atoms with Crippen LogP contribution in [-0.4, -0.2) is 23.6 Å². The van der Waals surface area contributed by atoms with E-state index in [9.17, 15) is 19.8 Å². The van der Waals surface area contributed by atoms with Crippen LogP contribution < -0.4 is 14.6 Å². The highest BCUT2D eigenvalue weighted by Crippen LogP contribution is 2.45. The minimum atomic E-state index is -1.13. The Balaban J connectivity index is 1.34. The van der Waals surface area contributed by atoms with E-state index in [0.717, 1.165) is 41.6 Å². The van der Waals surface area contributed by atoms with Crippen molar-refractivity contribution in [3.8, 4) is 0 Å². The minimum Gasteiger partial charge on any atom is -0.548 e. The van der Waals surface area contributed by atoms with Gasteiger partial charge in [0.05, 0.1) is 28.6 Å². The van der Waals surface area contributed by atoms with Gasteiger partial charge in [0.2, 0.25) is 12.1 Å². The van der Waals surface area contributed by atoms with Crippen LogP contribution in [0.2, 0.25) is 0 Å². The van der Waals surface area contributed by atoms with Gasteiger partial charge in [0.1, 0.15) is 4.70 Å². The smallest absolute Gasteiger partial charge is 0.370 e. The molecular weight excluding hydrogens is 504 g/mol. The normalized spacial score (nSPS) is 14.7. The number of fused-ring (bicyclic) bond motifs is 4. The Morgan fingerprint density at radius 1 is 0.946 bits per heavy atom. The number of hydrogen-bond acceptors (Lipinski definition) is 6. The average molecular weight is 527 g/mol. The molecule has 6 nitrogen and oxygen atoms in total. The van der Waals surface area contributed by atoms with Crippen LogP contribution in [0.4, 0.5) is 5.69 Å². The number of nitrogens with zero attached hydrogens (tertiary/aromatic N) is 2. The lowest BCUT2D eigenvalue weighted by molar-refractivity contribution is -0.656. The van der Waals surface area contributed by atoms with Gasteiger partial charge in [-0.3, -0.25) is 0 Å². The molecule has 2 heterocycles. The number of para-hydroxylation sites is 1. The van der Waals surface area contributed by atoms with E-state index in [2.05, 4.69) is 6.07 Å². The van der Waals surface area contributed by atoms with Gasteiger partial charge < -0.3 is 19.9 Å². The van der Waals surface area contributed by atoms with Crippen molar-refractivity contribution in [2.45, 2.75) is 11.4 Å². The Bertz CT molecular complexity index is 1630. The largest absolute Gasteiger partial charge is 0.548 e. The van der Waals surface area contributed by atoms with E-state index in [4.69, 9.17) is 0 Å². The van der Waals surface area contributed by atoms with Crippen molar-refractivity contribution in [1.82, 2.24) is 0 Å². The van der Waals surface area contributed by atoms with Crippen molar-refractivity contribution in [2.24, 2.45) is 0 Å². The zero-order chi connectivity index (χ0) is 25.8. The number of benzene rings is 3. The van der Waals surface area contributed by atoms with Gasteiger partial charge in [-0.25, -0.2) is 4.79 Å². The summed E-state index contributed by atoms with van der Waals surface area (Å²) in [7, 11) is 0. The van der Waals surface area contributed by atoms with Crippen LogP contribution in [0.5, 0.6) is 0 Å². The fourth-order valence-electron chi connectivity index (χ4n) is 4.23. The first-order chi connectivity index (χ1) is 18.0. The molecule has 4 aromatic rings. The molecule has 37 heavy (non-hydrogen) atoms. The molecule has 1 N–H and O–H groups in total. The van der Waals surface area contributed by atoms with Crippen molar-refractivity contribution in [3.63, 3.8) is 0 Å². The summed E-state index contributed by atoms with van der Waals surface area (Å²) >= 11 is 3.07. The lowest BCUT2D eigenvalue weighted by atomic mass is 10.1. The van der Waals surface area contributed by atoms with Gasteiger partial charge in [-0.15, -0.1) is 0 Å². The minimum absolute atomic E-state index is 0.118. The van der Waals surface area contributed by atoms with E-state index in [1.807, 2.05) is 102 Å². The second kappa shape index (κ2) is 10.9. The zero-order valence-electron chi connectivity index (χ0n) is 19.6. The summed E-state index contributed by atoms with van der Waals surface area (Å²) in [6, 6.07) is 19.7.